The zero-order valence-corrected chi connectivity index (χ0v) is 5.95. The minimum Gasteiger partial charge on any atom is -0.207 e. The molecule has 0 unspecified atom stereocenters. The van der Waals surface area contributed by atoms with Gasteiger partial charge in [0, 0.05) is 5.03 Å². The van der Waals surface area contributed by atoms with Crippen molar-refractivity contribution in [1.29, 1.82) is 0 Å². The van der Waals surface area contributed by atoms with E-state index in [0.717, 1.165) is 6.42 Å². The maximum atomic E-state index is 12.3. The summed E-state index contributed by atoms with van der Waals surface area (Å²) in [7, 11) is 0. The third-order valence-corrected chi connectivity index (χ3v) is 1.89. The average Bonchev–Trinajstić information content (AvgIpc) is 1.80. The Bertz CT molecular complexity index is 170. The van der Waals surface area contributed by atoms with E-state index in [4.69, 9.17) is 11.6 Å². The van der Waals surface area contributed by atoms with Crippen molar-refractivity contribution < 1.29 is 4.39 Å². The van der Waals surface area contributed by atoms with Gasteiger partial charge in [0.05, 0.1) is 0 Å². The van der Waals surface area contributed by atoms with Gasteiger partial charge in [0.25, 0.3) is 0 Å². The van der Waals surface area contributed by atoms with Crippen LogP contribution in [0.2, 0.25) is 0 Å². The Morgan fingerprint density at radius 3 is 2.89 bits per heavy atom. The maximum Gasteiger partial charge on any atom is 0.120 e. The van der Waals surface area contributed by atoms with E-state index in [1.54, 1.807) is 6.08 Å². The largest absolute Gasteiger partial charge is 0.207 e. The van der Waals surface area contributed by atoms with Crippen molar-refractivity contribution in [3.63, 3.8) is 0 Å². The first-order valence-corrected chi connectivity index (χ1v) is 3.30. The molecule has 0 aromatic heterocycles. The Morgan fingerprint density at radius 1 is 1.78 bits per heavy atom. The van der Waals surface area contributed by atoms with Gasteiger partial charge in [-0.2, -0.15) is 0 Å². The van der Waals surface area contributed by atoms with Gasteiger partial charge in [-0.3, -0.25) is 0 Å². The molecule has 0 spiro atoms. The summed E-state index contributed by atoms with van der Waals surface area (Å²) in [5.41, 5.74) is 0. The smallest absolute Gasteiger partial charge is 0.120 e. The summed E-state index contributed by atoms with van der Waals surface area (Å²) in [4.78, 5) is 0. The highest BCUT2D eigenvalue weighted by Gasteiger charge is 2.10. The zero-order chi connectivity index (χ0) is 6.85. The van der Waals surface area contributed by atoms with E-state index in [0.29, 0.717) is 11.0 Å². The highest BCUT2D eigenvalue weighted by atomic mass is 35.5. The van der Waals surface area contributed by atoms with E-state index in [9.17, 15) is 4.39 Å². The summed E-state index contributed by atoms with van der Waals surface area (Å²) in [5.74, 6) is 0.0873. The van der Waals surface area contributed by atoms with Crippen molar-refractivity contribution in [2.24, 2.45) is 5.92 Å². The van der Waals surface area contributed by atoms with Crippen LogP contribution in [0.5, 0.6) is 0 Å². The Kier molecular flexibility index (Phi) is 1.91. The van der Waals surface area contributed by atoms with Crippen LogP contribution in [0.3, 0.4) is 0 Å². The van der Waals surface area contributed by atoms with E-state index in [1.807, 2.05) is 6.92 Å². The molecule has 2 heteroatoms. The molecule has 0 saturated carbocycles. The first kappa shape index (κ1) is 6.81. The first-order chi connectivity index (χ1) is 4.20. The summed E-state index contributed by atoms with van der Waals surface area (Å²) >= 11 is 5.64. The molecule has 0 heterocycles. The first-order valence-electron chi connectivity index (χ1n) is 2.93. The van der Waals surface area contributed by atoms with Gasteiger partial charge in [-0.05, 0) is 24.5 Å². The fraction of sp³-hybridized carbons (Fsp3) is 0.429. The second kappa shape index (κ2) is 2.53. The fourth-order valence-electron chi connectivity index (χ4n) is 0.735. The van der Waals surface area contributed by atoms with Crippen molar-refractivity contribution in [3.05, 3.63) is 23.0 Å². The van der Waals surface area contributed by atoms with Crippen LogP contribution in [0.15, 0.2) is 23.0 Å². The summed E-state index contributed by atoms with van der Waals surface area (Å²) < 4.78 is 12.3. The Labute approximate surface area is 59.0 Å². The molecular formula is C7H8ClF. The van der Waals surface area contributed by atoms with Crippen LogP contribution >= 0.6 is 11.6 Å². The molecule has 0 aliphatic heterocycles. The van der Waals surface area contributed by atoms with Gasteiger partial charge in [0.2, 0.25) is 0 Å². The quantitative estimate of drug-likeness (QED) is 0.493. The number of rotatable bonds is 0. The lowest BCUT2D eigenvalue weighted by Gasteiger charge is -2.10. The van der Waals surface area contributed by atoms with Crippen LogP contribution in [0.25, 0.3) is 0 Å². The number of hydrogen-bond acceptors (Lipinski definition) is 0. The van der Waals surface area contributed by atoms with Gasteiger partial charge in [-0.15, -0.1) is 0 Å². The molecule has 0 nitrogen and oxygen atoms in total. The molecule has 0 radical (unpaired) electrons. The van der Waals surface area contributed by atoms with Crippen LogP contribution in [0, 0.1) is 5.92 Å². The van der Waals surface area contributed by atoms with Crippen LogP contribution in [0.4, 0.5) is 4.39 Å². The minimum atomic E-state index is -0.210. The second-order valence-electron chi connectivity index (χ2n) is 2.25. The third kappa shape index (κ3) is 1.55. The van der Waals surface area contributed by atoms with Gasteiger partial charge >= 0.3 is 0 Å². The van der Waals surface area contributed by atoms with Crippen molar-refractivity contribution >= 4 is 11.6 Å². The predicted octanol–water partition coefficient (Wildman–Crippen LogP) is 3.00. The van der Waals surface area contributed by atoms with E-state index < -0.39 is 0 Å². The molecule has 0 aromatic carbocycles. The van der Waals surface area contributed by atoms with Gasteiger partial charge in [-0.1, -0.05) is 18.5 Å². The van der Waals surface area contributed by atoms with Crippen LogP contribution < -0.4 is 0 Å². The molecular weight excluding hydrogens is 139 g/mol. The lowest BCUT2D eigenvalue weighted by atomic mass is 10.0. The molecule has 0 fully saturated rings. The summed E-state index contributed by atoms with van der Waals surface area (Å²) in [6, 6.07) is 0. The van der Waals surface area contributed by atoms with E-state index in [2.05, 4.69) is 0 Å². The molecule has 50 valence electrons. The van der Waals surface area contributed by atoms with E-state index in [1.165, 1.54) is 6.08 Å². The molecule has 1 atom stereocenters. The Morgan fingerprint density at radius 2 is 2.44 bits per heavy atom. The molecule has 0 N–H and O–H groups in total. The molecule has 1 rings (SSSR count). The van der Waals surface area contributed by atoms with Gasteiger partial charge in [-0.25, -0.2) is 4.39 Å². The van der Waals surface area contributed by atoms with Gasteiger partial charge in [0.15, 0.2) is 0 Å². The van der Waals surface area contributed by atoms with Crippen LogP contribution in [0.1, 0.15) is 13.3 Å². The average molecular weight is 147 g/mol. The van der Waals surface area contributed by atoms with Crippen molar-refractivity contribution in [2.45, 2.75) is 13.3 Å². The number of hydrogen-bond donors (Lipinski definition) is 0. The molecule has 1 aliphatic carbocycles. The molecule has 9 heavy (non-hydrogen) atoms. The van der Waals surface area contributed by atoms with Crippen LogP contribution in [-0.4, -0.2) is 0 Å². The predicted molar refractivity (Wildman–Crippen MR) is 36.9 cm³/mol. The summed E-state index contributed by atoms with van der Waals surface area (Å²) in [5, 5.41) is 0.620. The molecule has 0 aromatic rings. The normalized spacial score (nSPS) is 27.2. The Balaban J connectivity index is 2.74. The lowest BCUT2D eigenvalue weighted by molar-refractivity contribution is 0.619. The zero-order valence-electron chi connectivity index (χ0n) is 5.20. The van der Waals surface area contributed by atoms with E-state index >= 15 is 0 Å². The Hall–Kier alpha value is -0.300. The van der Waals surface area contributed by atoms with Gasteiger partial charge < -0.3 is 0 Å². The number of allylic oxidation sites excluding steroid dienone is 4. The minimum absolute atomic E-state index is 0.210. The summed E-state index contributed by atoms with van der Waals surface area (Å²) in [6.07, 6.45) is 3.65. The van der Waals surface area contributed by atoms with Crippen molar-refractivity contribution in [1.82, 2.24) is 0 Å². The topological polar surface area (TPSA) is 0 Å². The maximum absolute atomic E-state index is 12.3. The van der Waals surface area contributed by atoms with Crippen molar-refractivity contribution in [3.8, 4) is 0 Å². The van der Waals surface area contributed by atoms with Crippen molar-refractivity contribution in [2.75, 3.05) is 0 Å². The number of halogens is 2. The SMILES string of the molecule is C[C@@H]1CC=C(F)C=C1Cl. The van der Waals surface area contributed by atoms with E-state index in [-0.39, 0.29) is 5.83 Å². The lowest BCUT2D eigenvalue weighted by Crippen LogP contribution is -1.96. The third-order valence-electron chi connectivity index (χ3n) is 1.41. The molecule has 0 bridgehead atoms. The highest BCUT2D eigenvalue weighted by Crippen LogP contribution is 2.26. The highest BCUT2D eigenvalue weighted by molar-refractivity contribution is 6.30. The van der Waals surface area contributed by atoms with Gasteiger partial charge in [0.1, 0.15) is 5.83 Å². The second-order valence-corrected chi connectivity index (χ2v) is 2.69. The van der Waals surface area contributed by atoms with Crippen LogP contribution in [-0.2, 0) is 0 Å². The molecule has 0 saturated heterocycles. The molecule has 1 aliphatic rings. The fourth-order valence-corrected chi connectivity index (χ4v) is 0.928. The molecule has 0 amide bonds. The summed E-state index contributed by atoms with van der Waals surface area (Å²) in [6.45, 7) is 1.97. The monoisotopic (exact) mass is 146 g/mol. The standard InChI is InChI=1S/C7H8ClF/c1-5-2-3-6(9)4-7(5)8/h3-5H,2H2,1H3/t5-/m1/s1.